The molecule has 74 valence electrons. The van der Waals surface area contributed by atoms with Crippen molar-refractivity contribution in [1.82, 2.24) is 4.98 Å². The summed E-state index contributed by atoms with van der Waals surface area (Å²) in [6, 6.07) is 3.89. The highest BCUT2D eigenvalue weighted by Crippen LogP contribution is 2.32. The third-order valence-electron chi connectivity index (χ3n) is 1.66. The van der Waals surface area contributed by atoms with Crippen LogP contribution in [0.4, 0.5) is 5.13 Å². The van der Waals surface area contributed by atoms with E-state index in [9.17, 15) is 0 Å². The van der Waals surface area contributed by atoms with E-state index in [1.165, 1.54) is 0 Å². The zero-order valence-electron chi connectivity index (χ0n) is 7.58. The van der Waals surface area contributed by atoms with Gasteiger partial charge in [0.05, 0.1) is 14.9 Å². The quantitative estimate of drug-likeness (QED) is 0.884. The molecule has 0 bridgehead atoms. The van der Waals surface area contributed by atoms with Gasteiger partial charge in [0.1, 0.15) is 0 Å². The van der Waals surface area contributed by atoms with Gasteiger partial charge in [-0.05, 0) is 19.1 Å². The lowest BCUT2D eigenvalue weighted by Gasteiger charge is -1.93. The third-order valence-corrected chi connectivity index (χ3v) is 3.71. The molecule has 2 nitrogen and oxygen atoms in total. The van der Waals surface area contributed by atoms with Crippen LogP contribution in [0.1, 0.15) is 6.92 Å². The number of nitrogens with one attached hydrogen (secondary N) is 1. The number of hydrogen-bond acceptors (Lipinski definition) is 4. The number of halogens is 1. The first-order valence-corrected chi connectivity index (χ1v) is 6.32. The van der Waals surface area contributed by atoms with Crippen LogP contribution in [-0.2, 0) is 0 Å². The number of aromatic nitrogens is 1. The molecule has 0 fully saturated rings. The van der Waals surface area contributed by atoms with Gasteiger partial charge in [-0.3, -0.25) is 0 Å². The number of rotatable bonds is 3. The Morgan fingerprint density at radius 2 is 2.36 bits per heavy atom. The largest absolute Gasteiger partial charge is 0.362 e. The summed E-state index contributed by atoms with van der Waals surface area (Å²) in [5, 5.41) is 6.19. The Labute approximate surface area is 95.6 Å². The summed E-state index contributed by atoms with van der Waals surface area (Å²) in [6.45, 7) is 2.96. The maximum absolute atomic E-state index is 5.86. The molecule has 0 spiro atoms. The van der Waals surface area contributed by atoms with Crippen LogP contribution in [0.25, 0.3) is 10.6 Å². The van der Waals surface area contributed by atoms with E-state index in [4.69, 9.17) is 11.6 Å². The normalized spacial score (nSPS) is 10.4. The van der Waals surface area contributed by atoms with Crippen molar-refractivity contribution in [3.05, 3.63) is 21.8 Å². The van der Waals surface area contributed by atoms with Gasteiger partial charge in [-0.25, -0.2) is 4.98 Å². The zero-order valence-corrected chi connectivity index (χ0v) is 9.97. The van der Waals surface area contributed by atoms with Crippen LogP contribution in [0.2, 0.25) is 4.34 Å². The molecule has 2 aromatic rings. The molecule has 5 heteroatoms. The second kappa shape index (κ2) is 4.29. The molecule has 0 aliphatic carbocycles. The summed E-state index contributed by atoms with van der Waals surface area (Å²) in [5.74, 6) is 0. The van der Waals surface area contributed by atoms with Gasteiger partial charge in [0.15, 0.2) is 5.13 Å². The molecule has 2 rings (SSSR count). The van der Waals surface area contributed by atoms with Crippen molar-refractivity contribution in [2.45, 2.75) is 6.92 Å². The fraction of sp³-hybridized carbons (Fsp3) is 0.222. The number of thiazole rings is 1. The molecule has 0 saturated heterocycles. The van der Waals surface area contributed by atoms with Gasteiger partial charge in [0, 0.05) is 11.9 Å². The lowest BCUT2D eigenvalue weighted by Crippen LogP contribution is -1.94. The summed E-state index contributed by atoms with van der Waals surface area (Å²) in [4.78, 5) is 5.56. The average molecular weight is 245 g/mol. The van der Waals surface area contributed by atoms with Crippen molar-refractivity contribution < 1.29 is 0 Å². The van der Waals surface area contributed by atoms with E-state index in [1.807, 2.05) is 17.5 Å². The van der Waals surface area contributed by atoms with E-state index in [0.29, 0.717) is 0 Å². The first kappa shape index (κ1) is 9.96. The predicted octanol–water partition coefficient (Wildman–Crippen LogP) is 3.96. The molecule has 2 aromatic heterocycles. The van der Waals surface area contributed by atoms with Crippen LogP contribution in [-0.4, -0.2) is 11.5 Å². The molecule has 0 aliphatic rings. The minimum absolute atomic E-state index is 0.804. The topological polar surface area (TPSA) is 24.9 Å². The van der Waals surface area contributed by atoms with Gasteiger partial charge >= 0.3 is 0 Å². The lowest BCUT2D eigenvalue weighted by atomic mass is 10.4. The van der Waals surface area contributed by atoms with E-state index < -0.39 is 0 Å². The summed E-state index contributed by atoms with van der Waals surface area (Å²) < 4.78 is 0.804. The second-order valence-corrected chi connectivity index (χ2v) is 5.25. The molecule has 0 radical (unpaired) electrons. The highest BCUT2D eigenvalue weighted by atomic mass is 35.5. The summed E-state index contributed by atoms with van der Waals surface area (Å²) in [6.07, 6.45) is 0. The maximum atomic E-state index is 5.86. The van der Waals surface area contributed by atoms with Crippen molar-refractivity contribution in [3.63, 3.8) is 0 Å². The lowest BCUT2D eigenvalue weighted by molar-refractivity contribution is 1.19. The summed E-state index contributed by atoms with van der Waals surface area (Å²) >= 11 is 9.03. The Morgan fingerprint density at radius 3 is 3.00 bits per heavy atom. The molecular formula is C9H9ClN2S2. The van der Waals surface area contributed by atoms with E-state index in [0.717, 1.165) is 26.6 Å². The molecule has 0 saturated carbocycles. The molecule has 1 N–H and O–H groups in total. The van der Waals surface area contributed by atoms with Crippen molar-refractivity contribution in [3.8, 4) is 10.6 Å². The van der Waals surface area contributed by atoms with Gasteiger partial charge in [0.2, 0.25) is 0 Å². The molecule has 14 heavy (non-hydrogen) atoms. The highest BCUT2D eigenvalue weighted by Gasteiger charge is 2.05. The zero-order chi connectivity index (χ0) is 9.97. The van der Waals surface area contributed by atoms with Crippen LogP contribution < -0.4 is 5.32 Å². The fourth-order valence-corrected chi connectivity index (χ4v) is 2.93. The molecule has 0 aromatic carbocycles. The Morgan fingerprint density at radius 1 is 1.50 bits per heavy atom. The number of thiophene rings is 1. The van der Waals surface area contributed by atoms with Gasteiger partial charge in [-0.15, -0.1) is 22.7 Å². The average Bonchev–Trinajstić information content (AvgIpc) is 2.74. The number of anilines is 1. The first-order valence-electron chi connectivity index (χ1n) is 4.24. The van der Waals surface area contributed by atoms with Gasteiger partial charge in [-0.2, -0.15) is 0 Å². The van der Waals surface area contributed by atoms with Gasteiger partial charge in [0.25, 0.3) is 0 Å². The first-order chi connectivity index (χ1) is 6.79. The summed E-state index contributed by atoms with van der Waals surface area (Å²) in [7, 11) is 0. The van der Waals surface area contributed by atoms with Gasteiger partial charge in [-0.1, -0.05) is 11.6 Å². The molecule has 2 heterocycles. The van der Waals surface area contributed by atoms with Crippen molar-refractivity contribution in [2.75, 3.05) is 11.9 Å². The predicted molar refractivity (Wildman–Crippen MR) is 64.6 cm³/mol. The number of nitrogens with zero attached hydrogens (tertiary/aromatic N) is 1. The Kier molecular flexibility index (Phi) is 3.05. The van der Waals surface area contributed by atoms with Gasteiger partial charge < -0.3 is 5.32 Å². The van der Waals surface area contributed by atoms with Crippen LogP contribution >= 0.6 is 34.3 Å². The van der Waals surface area contributed by atoms with Crippen molar-refractivity contribution >= 4 is 39.4 Å². The van der Waals surface area contributed by atoms with Crippen LogP contribution in [0.5, 0.6) is 0 Å². The molecular weight excluding hydrogens is 236 g/mol. The maximum Gasteiger partial charge on any atom is 0.183 e. The van der Waals surface area contributed by atoms with E-state index in [-0.39, 0.29) is 0 Å². The molecule has 0 aliphatic heterocycles. The summed E-state index contributed by atoms with van der Waals surface area (Å²) in [5.41, 5.74) is 1.00. The number of hydrogen-bond donors (Lipinski definition) is 1. The smallest absolute Gasteiger partial charge is 0.183 e. The van der Waals surface area contributed by atoms with E-state index in [2.05, 4.69) is 17.2 Å². The SMILES string of the molecule is CCNc1nc(-c2ccc(Cl)s2)cs1. The van der Waals surface area contributed by atoms with Crippen molar-refractivity contribution in [1.29, 1.82) is 0 Å². The van der Waals surface area contributed by atoms with Crippen LogP contribution in [0.3, 0.4) is 0 Å². The van der Waals surface area contributed by atoms with E-state index >= 15 is 0 Å². The van der Waals surface area contributed by atoms with Crippen LogP contribution in [0.15, 0.2) is 17.5 Å². The molecule has 0 amide bonds. The van der Waals surface area contributed by atoms with Crippen LogP contribution in [0, 0.1) is 0 Å². The monoisotopic (exact) mass is 244 g/mol. The fourth-order valence-electron chi connectivity index (χ4n) is 1.07. The molecule has 0 unspecified atom stereocenters. The van der Waals surface area contributed by atoms with Crippen molar-refractivity contribution in [2.24, 2.45) is 0 Å². The third kappa shape index (κ3) is 2.08. The molecule has 0 atom stereocenters. The van der Waals surface area contributed by atoms with E-state index in [1.54, 1.807) is 22.7 Å². The minimum Gasteiger partial charge on any atom is -0.362 e. The highest BCUT2D eigenvalue weighted by molar-refractivity contribution is 7.20. The minimum atomic E-state index is 0.804. The Hall–Kier alpha value is -0.580. The Bertz CT molecular complexity index is 422. The second-order valence-electron chi connectivity index (χ2n) is 2.67. The Balaban J connectivity index is 2.24. The standard InChI is InChI=1S/C9H9ClN2S2/c1-2-11-9-12-6(5-13-9)7-3-4-8(10)14-7/h3-5H,2H2,1H3,(H,11,12).